The van der Waals surface area contributed by atoms with Crippen molar-refractivity contribution in [2.75, 3.05) is 0 Å². The lowest BCUT2D eigenvalue weighted by molar-refractivity contribution is -0.117. The zero-order valence-corrected chi connectivity index (χ0v) is 7.35. The van der Waals surface area contributed by atoms with Gasteiger partial charge in [0.1, 0.15) is 5.78 Å². The SMILES string of the molecule is CC(C)[CH]C(=O)CC(C)C. The van der Waals surface area contributed by atoms with Crippen molar-refractivity contribution >= 4 is 5.78 Å². The summed E-state index contributed by atoms with van der Waals surface area (Å²) in [7, 11) is 0. The number of hydrogen-bond acceptors (Lipinski definition) is 1. The lowest BCUT2D eigenvalue weighted by atomic mass is 10.00. The van der Waals surface area contributed by atoms with Crippen LogP contribution in [0.4, 0.5) is 0 Å². The van der Waals surface area contributed by atoms with E-state index in [1.807, 2.05) is 13.8 Å². The van der Waals surface area contributed by atoms with Crippen LogP contribution >= 0.6 is 0 Å². The Morgan fingerprint density at radius 3 is 2.10 bits per heavy atom. The fraction of sp³-hybridized carbons (Fsp3) is 0.778. The first-order chi connectivity index (χ1) is 4.52. The summed E-state index contributed by atoms with van der Waals surface area (Å²) in [4.78, 5) is 11.0. The molecule has 0 aromatic carbocycles. The summed E-state index contributed by atoms with van der Waals surface area (Å²) in [5.74, 6) is 1.17. The van der Waals surface area contributed by atoms with Crippen molar-refractivity contribution in [2.24, 2.45) is 11.8 Å². The van der Waals surface area contributed by atoms with Gasteiger partial charge in [0, 0.05) is 12.8 Å². The zero-order chi connectivity index (χ0) is 8.15. The molecule has 0 amide bonds. The fourth-order valence-electron chi connectivity index (χ4n) is 0.842. The molecule has 0 bridgehead atoms. The number of hydrogen-bond donors (Lipinski definition) is 0. The second-order valence-corrected chi connectivity index (χ2v) is 3.47. The second-order valence-electron chi connectivity index (χ2n) is 3.47. The highest BCUT2D eigenvalue weighted by molar-refractivity contribution is 5.87. The standard InChI is InChI=1S/C9H17O/c1-7(2)5-9(10)6-8(3)4/h5,7-8H,6H2,1-4H3. The summed E-state index contributed by atoms with van der Waals surface area (Å²) in [6.45, 7) is 8.18. The summed E-state index contributed by atoms with van der Waals surface area (Å²) < 4.78 is 0. The maximum Gasteiger partial charge on any atom is 0.137 e. The Morgan fingerprint density at radius 1 is 1.30 bits per heavy atom. The number of carbonyl (C=O) groups excluding carboxylic acids is 1. The van der Waals surface area contributed by atoms with Crippen molar-refractivity contribution in [3.05, 3.63) is 6.42 Å². The van der Waals surface area contributed by atoms with E-state index < -0.39 is 0 Å². The summed E-state index contributed by atoms with van der Waals surface area (Å²) in [5, 5.41) is 0. The van der Waals surface area contributed by atoms with Gasteiger partial charge in [-0.3, -0.25) is 4.79 Å². The van der Waals surface area contributed by atoms with Gasteiger partial charge in [-0.15, -0.1) is 0 Å². The number of ketones is 1. The molecule has 0 aliphatic heterocycles. The van der Waals surface area contributed by atoms with E-state index in [0.717, 1.165) is 0 Å². The fourth-order valence-corrected chi connectivity index (χ4v) is 0.842. The molecule has 59 valence electrons. The third-order valence-corrected chi connectivity index (χ3v) is 1.13. The zero-order valence-electron chi connectivity index (χ0n) is 7.35. The number of carbonyl (C=O) groups is 1. The Balaban J connectivity index is 3.44. The van der Waals surface area contributed by atoms with E-state index in [4.69, 9.17) is 0 Å². The molecular weight excluding hydrogens is 124 g/mol. The van der Waals surface area contributed by atoms with Crippen molar-refractivity contribution in [2.45, 2.75) is 34.1 Å². The topological polar surface area (TPSA) is 17.1 Å². The third-order valence-electron chi connectivity index (χ3n) is 1.13. The molecule has 0 saturated carbocycles. The van der Waals surface area contributed by atoms with E-state index in [1.165, 1.54) is 0 Å². The largest absolute Gasteiger partial charge is 0.299 e. The molecule has 1 heteroatoms. The summed E-state index contributed by atoms with van der Waals surface area (Å²) in [6.07, 6.45) is 2.48. The third kappa shape index (κ3) is 5.80. The second kappa shape index (κ2) is 4.48. The van der Waals surface area contributed by atoms with Crippen LogP contribution in [0.25, 0.3) is 0 Å². The smallest absolute Gasteiger partial charge is 0.137 e. The van der Waals surface area contributed by atoms with Crippen LogP contribution in [0.15, 0.2) is 0 Å². The summed E-state index contributed by atoms with van der Waals surface area (Å²) in [6, 6.07) is 0. The van der Waals surface area contributed by atoms with Crippen molar-refractivity contribution < 1.29 is 4.79 Å². The van der Waals surface area contributed by atoms with Gasteiger partial charge in [0.25, 0.3) is 0 Å². The van der Waals surface area contributed by atoms with E-state index in [0.29, 0.717) is 18.3 Å². The maximum atomic E-state index is 11.0. The molecule has 0 heterocycles. The highest BCUT2D eigenvalue weighted by Gasteiger charge is 2.06. The Morgan fingerprint density at radius 2 is 1.80 bits per heavy atom. The normalized spacial score (nSPS) is 11.0. The number of rotatable bonds is 4. The molecule has 0 aromatic heterocycles. The highest BCUT2D eigenvalue weighted by atomic mass is 16.1. The van der Waals surface area contributed by atoms with Gasteiger partial charge in [-0.1, -0.05) is 27.7 Å². The minimum Gasteiger partial charge on any atom is -0.299 e. The molecule has 1 radical (unpaired) electrons. The molecule has 0 atom stereocenters. The average Bonchev–Trinajstić information content (AvgIpc) is 1.58. The van der Waals surface area contributed by atoms with Crippen molar-refractivity contribution in [1.29, 1.82) is 0 Å². The molecule has 0 unspecified atom stereocenters. The van der Waals surface area contributed by atoms with Crippen LogP contribution in [-0.4, -0.2) is 5.78 Å². The lowest BCUT2D eigenvalue weighted by Crippen LogP contribution is -2.06. The van der Waals surface area contributed by atoms with Crippen LogP contribution in [0.1, 0.15) is 34.1 Å². The van der Waals surface area contributed by atoms with Crippen LogP contribution in [-0.2, 0) is 4.79 Å². The molecule has 10 heavy (non-hydrogen) atoms. The quantitative estimate of drug-likeness (QED) is 0.587. The van der Waals surface area contributed by atoms with Crippen LogP contribution in [0.3, 0.4) is 0 Å². The van der Waals surface area contributed by atoms with E-state index >= 15 is 0 Å². The lowest BCUT2D eigenvalue weighted by Gasteiger charge is -2.04. The summed E-state index contributed by atoms with van der Waals surface area (Å²) in [5.41, 5.74) is 0. The molecule has 0 N–H and O–H groups in total. The number of Topliss-reactive ketones (excluding diaryl/α,β-unsaturated/α-hetero) is 1. The molecule has 0 saturated heterocycles. The van der Waals surface area contributed by atoms with Crippen molar-refractivity contribution in [3.63, 3.8) is 0 Å². The molecule has 0 aromatic rings. The average molecular weight is 141 g/mol. The van der Waals surface area contributed by atoms with Gasteiger partial charge < -0.3 is 0 Å². The molecule has 0 rings (SSSR count). The van der Waals surface area contributed by atoms with E-state index in [9.17, 15) is 4.79 Å². The van der Waals surface area contributed by atoms with E-state index in [1.54, 1.807) is 6.42 Å². The molecular formula is C9H17O. The van der Waals surface area contributed by atoms with Crippen LogP contribution < -0.4 is 0 Å². The molecule has 1 nitrogen and oxygen atoms in total. The summed E-state index contributed by atoms with van der Waals surface area (Å²) >= 11 is 0. The van der Waals surface area contributed by atoms with Crippen molar-refractivity contribution in [3.8, 4) is 0 Å². The Bertz CT molecular complexity index is 91.3. The van der Waals surface area contributed by atoms with Gasteiger partial charge in [-0.05, 0) is 11.8 Å². The van der Waals surface area contributed by atoms with Gasteiger partial charge >= 0.3 is 0 Å². The van der Waals surface area contributed by atoms with Gasteiger partial charge in [0.15, 0.2) is 0 Å². The first kappa shape index (κ1) is 9.67. The Hall–Kier alpha value is -0.330. The molecule has 0 aliphatic carbocycles. The van der Waals surface area contributed by atoms with E-state index in [2.05, 4.69) is 13.8 Å². The Labute approximate surface area is 63.8 Å². The first-order valence-corrected chi connectivity index (χ1v) is 3.90. The maximum absolute atomic E-state index is 11.0. The highest BCUT2D eigenvalue weighted by Crippen LogP contribution is 2.06. The molecule has 0 fully saturated rings. The monoisotopic (exact) mass is 141 g/mol. The van der Waals surface area contributed by atoms with Crippen molar-refractivity contribution in [1.82, 2.24) is 0 Å². The first-order valence-electron chi connectivity index (χ1n) is 3.90. The van der Waals surface area contributed by atoms with Gasteiger partial charge in [0.2, 0.25) is 0 Å². The van der Waals surface area contributed by atoms with Crippen LogP contribution in [0, 0.1) is 18.3 Å². The van der Waals surface area contributed by atoms with Gasteiger partial charge in [0.05, 0.1) is 0 Å². The minimum absolute atomic E-state index is 0.282. The predicted octanol–water partition coefficient (Wildman–Crippen LogP) is 2.46. The van der Waals surface area contributed by atoms with Crippen LogP contribution in [0.2, 0.25) is 0 Å². The minimum atomic E-state index is 0.282. The Kier molecular flexibility index (Phi) is 4.33. The van der Waals surface area contributed by atoms with Gasteiger partial charge in [-0.25, -0.2) is 0 Å². The van der Waals surface area contributed by atoms with Crippen LogP contribution in [0.5, 0.6) is 0 Å². The molecule has 0 aliphatic rings. The molecule has 0 spiro atoms. The van der Waals surface area contributed by atoms with E-state index in [-0.39, 0.29) is 5.78 Å². The van der Waals surface area contributed by atoms with Gasteiger partial charge in [-0.2, -0.15) is 0 Å². The predicted molar refractivity (Wildman–Crippen MR) is 43.6 cm³/mol.